The first-order chi connectivity index (χ1) is 6.79. The maximum Gasteiger partial charge on any atom is 0.290 e. The van der Waals surface area contributed by atoms with Gasteiger partial charge in [0.25, 0.3) is 5.91 Å². The van der Waals surface area contributed by atoms with Crippen molar-refractivity contribution in [2.75, 3.05) is 0 Å². The molecule has 0 aromatic heterocycles. The first-order valence-electron chi connectivity index (χ1n) is 4.26. The van der Waals surface area contributed by atoms with Crippen LogP contribution >= 0.6 is 0 Å². The van der Waals surface area contributed by atoms with Gasteiger partial charge in [0.1, 0.15) is 0 Å². The van der Waals surface area contributed by atoms with Crippen molar-refractivity contribution >= 4 is 11.6 Å². The molecule has 0 bridgehead atoms. The van der Waals surface area contributed by atoms with Gasteiger partial charge in [0.2, 0.25) is 0 Å². The van der Waals surface area contributed by atoms with Gasteiger partial charge < -0.3 is 5.73 Å². The Balaban J connectivity index is 2.30. The van der Waals surface area contributed by atoms with Crippen LogP contribution in [-0.2, 0) is 11.3 Å². The fraction of sp³-hybridized carbons (Fsp3) is 0.100. The second-order valence-electron chi connectivity index (χ2n) is 2.97. The number of nitrogens with two attached hydrogens (primary N) is 1. The number of amides is 1. The molecule has 1 aromatic carbocycles. The molecule has 1 heterocycles. The third-order valence-corrected chi connectivity index (χ3v) is 2.00. The van der Waals surface area contributed by atoms with Crippen molar-refractivity contribution in [3.8, 4) is 0 Å². The SMILES string of the molecule is NCc1ccc(C2=CC(=O)N=N2)cc1. The van der Waals surface area contributed by atoms with Crippen LogP contribution in [-0.4, -0.2) is 5.91 Å². The molecule has 0 saturated heterocycles. The first kappa shape index (κ1) is 8.77. The van der Waals surface area contributed by atoms with Crippen molar-refractivity contribution < 1.29 is 4.79 Å². The molecule has 0 unspecified atom stereocenters. The molecular weight excluding hydrogens is 178 g/mol. The largest absolute Gasteiger partial charge is 0.326 e. The summed E-state index contributed by atoms with van der Waals surface area (Å²) in [6.45, 7) is 0.514. The molecule has 0 atom stereocenters. The van der Waals surface area contributed by atoms with Crippen molar-refractivity contribution in [1.29, 1.82) is 0 Å². The van der Waals surface area contributed by atoms with Gasteiger partial charge in [-0.25, -0.2) is 0 Å². The highest BCUT2D eigenvalue weighted by Gasteiger charge is 2.09. The molecule has 4 nitrogen and oxygen atoms in total. The number of benzene rings is 1. The summed E-state index contributed by atoms with van der Waals surface area (Å²) >= 11 is 0. The lowest BCUT2D eigenvalue weighted by atomic mass is 10.1. The number of rotatable bonds is 2. The summed E-state index contributed by atoms with van der Waals surface area (Å²) < 4.78 is 0. The van der Waals surface area contributed by atoms with Crippen LogP contribution in [0.2, 0.25) is 0 Å². The number of carbonyl (C=O) groups excluding carboxylic acids is 1. The van der Waals surface area contributed by atoms with Gasteiger partial charge in [0.05, 0.1) is 5.70 Å². The Kier molecular flexibility index (Phi) is 2.20. The molecule has 1 aliphatic heterocycles. The van der Waals surface area contributed by atoms with Gasteiger partial charge in [-0.05, 0) is 5.56 Å². The second-order valence-corrected chi connectivity index (χ2v) is 2.97. The molecular formula is C10H9N3O. The van der Waals surface area contributed by atoms with Crippen LogP contribution in [0.3, 0.4) is 0 Å². The van der Waals surface area contributed by atoms with Gasteiger partial charge in [-0.15, -0.1) is 10.2 Å². The average molecular weight is 187 g/mol. The minimum atomic E-state index is -0.303. The van der Waals surface area contributed by atoms with E-state index in [1.165, 1.54) is 6.08 Å². The molecule has 1 aromatic rings. The summed E-state index contributed by atoms with van der Waals surface area (Å²) in [5, 5.41) is 7.15. The Bertz CT molecular complexity index is 417. The number of carbonyl (C=O) groups is 1. The summed E-state index contributed by atoms with van der Waals surface area (Å²) in [5.41, 5.74) is 8.01. The van der Waals surface area contributed by atoms with Gasteiger partial charge in [0, 0.05) is 18.2 Å². The van der Waals surface area contributed by atoms with Crippen molar-refractivity contribution in [1.82, 2.24) is 0 Å². The maximum atomic E-state index is 10.8. The molecule has 1 aliphatic rings. The summed E-state index contributed by atoms with van der Waals surface area (Å²) in [4.78, 5) is 10.8. The highest BCUT2D eigenvalue weighted by molar-refractivity contribution is 5.98. The molecule has 0 radical (unpaired) electrons. The maximum absolute atomic E-state index is 10.8. The van der Waals surface area contributed by atoms with Crippen molar-refractivity contribution in [2.45, 2.75) is 6.54 Å². The van der Waals surface area contributed by atoms with Crippen molar-refractivity contribution in [2.24, 2.45) is 16.0 Å². The molecule has 0 spiro atoms. The molecule has 14 heavy (non-hydrogen) atoms. The fourth-order valence-corrected chi connectivity index (χ4v) is 1.23. The summed E-state index contributed by atoms with van der Waals surface area (Å²) in [5.74, 6) is -0.303. The van der Waals surface area contributed by atoms with Gasteiger partial charge >= 0.3 is 0 Å². The lowest BCUT2D eigenvalue weighted by molar-refractivity contribution is -0.113. The Morgan fingerprint density at radius 1 is 1.14 bits per heavy atom. The molecule has 0 fully saturated rings. The van der Waals surface area contributed by atoms with E-state index in [1.54, 1.807) is 0 Å². The van der Waals surface area contributed by atoms with Gasteiger partial charge in [-0.1, -0.05) is 24.3 Å². The number of hydrogen-bond acceptors (Lipinski definition) is 3. The summed E-state index contributed by atoms with van der Waals surface area (Å²) in [6.07, 6.45) is 1.41. The summed E-state index contributed by atoms with van der Waals surface area (Å²) in [7, 11) is 0. The Hall–Kier alpha value is -1.81. The van der Waals surface area contributed by atoms with Crippen LogP contribution in [0.5, 0.6) is 0 Å². The molecule has 2 rings (SSSR count). The number of hydrogen-bond donors (Lipinski definition) is 1. The highest BCUT2D eigenvalue weighted by atomic mass is 16.1. The van der Waals surface area contributed by atoms with Gasteiger partial charge in [0.15, 0.2) is 0 Å². The summed E-state index contributed by atoms with van der Waals surface area (Å²) in [6, 6.07) is 7.58. The Morgan fingerprint density at radius 2 is 1.86 bits per heavy atom. The molecule has 0 saturated carbocycles. The minimum absolute atomic E-state index is 0.303. The molecule has 2 N–H and O–H groups in total. The van der Waals surface area contributed by atoms with E-state index < -0.39 is 0 Å². The third-order valence-electron chi connectivity index (χ3n) is 2.00. The predicted octanol–water partition coefficient (Wildman–Crippen LogP) is 1.48. The van der Waals surface area contributed by atoms with Crippen LogP contribution in [0.4, 0.5) is 0 Å². The van der Waals surface area contributed by atoms with Crippen LogP contribution in [0.1, 0.15) is 11.1 Å². The quantitative estimate of drug-likeness (QED) is 0.761. The molecule has 1 amide bonds. The van der Waals surface area contributed by atoms with E-state index in [9.17, 15) is 4.79 Å². The standard InChI is InChI=1S/C10H9N3O/c11-6-7-1-3-8(4-2-7)9-5-10(14)13-12-9/h1-5H,6,11H2. The third kappa shape index (κ3) is 1.60. The molecule has 0 aliphatic carbocycles. The van der Waals surface area contributed by atoms with Crippen LogP contribution in [0, 0.1) is 0 Å². The van der Waals surface area contributed by atoms with E-state index in [0.29, 0.717) is 12.2 Å². The van der Waals surface area contributed by atoms with Crippen molar-refractivity contribution in [3.63, 3.8) is 0 Å². The Morgan fingerprint density at radius 3 is 2.36 bits per heavy atom. The van der Waals surface area contributed by atoms with Crippen LogP contribution in [0.25, 0.3) is 5.70 Å². The molecule has 70 valence electrons. The zero-order valence-electron chi connectivity index (χ0n) is 7.47. The van der Waals surface area contributed by atoms with Gasteiger partial charge in [-0.2, -0.15) is 0 Å². The smallest absolute Gasteiger partial charge is 0.290 e. The van der Waals surface area contributed by atoms with E-state index in [4.69, 9.17) is 5.73 Å². The average Bonchev–Trinajstić information content (AvgIpc) is 2.65. The monoisotopic (exact) mass is 187 g/mol. The van der Waals surface area contributed by atoms with E-state index in [-0.39, 0.29) is 5.91 Å². The van der Waals surface area contributed by atoms with Crippen LogP contribution in [0.15, 0.2) is 40.6 Å². The number of nitrogens with zero attached hydrogens (tertiary/aromatic N) is 2. The van der Waals surface area contributed by atoms with Gasteiger partial charge in [-0.3, -0.25) is 4.79 Å². The predicted molar refractivity (Wildman–Crippen MR) is 52.2 cm³/mol. The fourth-order valence-electron chi connectivity index (χ4n) is 1.23. The van der Waals surface area contributed by atoms with Crippen LogP contribution < -0.4 is 5.73 Å². The topological polar surface area (TPSA) is 67.8 Å². The molecule has 4 heteroatoms. The lowest BCUT2D eigenvalue weighted by Crippen LogP contribution is -1.95. The Labute approximate surface area is 81.1 Å². The second kappa shape index (κ2) is 3.51. The highest BCUT2D eigenvalue weighted by Crippen LogP contribution is 2.20. The zero-order chi connectivity index (χ0) is 9.97. The van der Waals surface area contributed by atoms with E-state index in [0.717, 1.165) is 11.1 Å². The van der Waals surface area contributed by atoms with Crippen molar-refractivity contribution in [3.05, 3.63) is 41.5 Å². The lowest BCUT2D eigenvalue weighted by Gasteiger charge is -1.99. The number of azo groups is 1. The normalized spacial score (nSPS) is 14.6. The minimum Gasteiger partial charge on any atom is -0.326 e. The van der Waals surface area contributed by atoms with E-state index in [1.807, 2.05) is 24.3 Å². The zero-order valence-corrected chi connectivity index (χ0v) is 7.47. The first-order valence-corrected chi connectivity index (χ1v) is 4.26. The van der Waals surface area contributed by atoms with E-state index >= 15 is 0 Å². The van der Waals surface area contributed by atoms with E-state index in [2.05, 4.69) is 10.2 Å².